The van der Waals surface area contributed by atoms with Gasteiger partial charge in [0.05, 0.1) is 7.11 Å². The molecule has 10 heteroatoms. The van der Waals surface area contributed by atoms with Crippen molar-refractivity contribution >= 4 is 27.3 Å². The van der Waals surface area contributed by atoms with Crippen molar-refractivity contribution in [3.63, 3.8) is 0 Å². The molecular weight excluding hydrogens is 366 g/mol. The summed E-state index contributed by atoms with van der Waals surface area (Å²) in [5.74, 6) is 0.674. The van der Waals surface area contributed by atoms with Crippen molar-refractivity contribution in [1.29, 1.82) is 0 Å². The second-order valence-corrected chi connectivity index (χ2v) is 8.92. The second kappa shape index (κ2) is 6.19. The van der Waals surface area contributed by atoms with Crippen LogP contribution in [0.3, 0.4) is 0 Å². The Bertz CT molecular complexity index is 900. The van der Waals surface area contributed by atoms with Crippen LogP contribution in [0, 0.1) is 0 Å². The van der Waals surface area contributed by atoms with E-state index in [4.69, 9.17) is 4.52 Å². The molecule has 1 unspecified atom stereocenters. The molecule has 0 amide bonds. The number of sulfonamides is 1. The normalized spacial score (nSPS) is 21.6. The third-order valence-corrected chi connectivity index (χ3v) is 7.45. The molecule has 0 aromatic carbocycles. The van der Waals surface area contributed by atoms with E-state index in [1.165, 1.54) is 17.5 Å². The van der Waals surface area contributed by atoms with Gasteiger partial charge in [0.1, 0.15) is 15.8 Å². The molecule has 1 saturated heterocycles. The van der Waals surface area contributed by atoms with Crippen molar-refractivity contribution in [2.75, 3.05) is 13.7 Å². The molecule has 1 aliphatic heterocycles. The summed E-state index contributed by atoms with van der Waals surface area (Å²) in [5.41, 5.74) is 0. The monoisotopic (exact) mass is 383 g/mol. The SMILES string of the molecule is COC(=O)c1sccc1S(=O)(=O)N1CCCC1c1nc(C2CC2)no1. The van der Waals surface area contributed by atoms with Gasteiger partial charge in [0.2, 0.25) is 15.9 Å². The van der Waals surface area contributed by atoms with E-state index in [-0.39, 0.29) is 9.77 Å². The number of thiophene rings is 1. The lowest BCUT2D eigenvalue weighted by molar-refractivity contribution is 0.0602. The lowest BCUT2D eigenvalue weighted by Gasteiger charge is -2.21. The summed E-state index contributed by atoms with van der Waals surface area (Å²) >= 11 is 1.05. The van der Waals surface area contributed by atoms with Crippen LogP contribution in [-0.2, 0) is 14.8 Å². The summed E-state index contributed by atoms with van der Waals surface area (Å²) in [4.78, 5) is 16.3. The number of carbonyl (C=O) groups is 1. The van der Waals surface area contributed by atoms with Crippen molar-refractivity contribution in [1.82, 2.24) is 14.4 Å². The van der Waals surface area contributed by atoms with Crippen LogP contribution >= 0.6 is 11.3 Å². The zero-order valence-corrected chi connectivity index (χ0v) is 15.2. The van der Waals surface area contributed by atoms with Gasteiger partial charge in [-0.3, -0.25) is 0 Å². The predicted molar refractivity (Wildman–Crippen MR) is 87.8 cm³/mol. The highest BCUT2D eigenvalue weighted by atomic mass is 32.2. The van der Waals surface area contributed by atoms with E-state index in [1.54, 1.807) is 5.38 Å². The first kappa shape index (κ1) is 16.7. The second-order valence-electron chi connectivity index (χ2n) is 6.14. The number of nitrogens with zero attached hydrogens (tertiary/aromatic N) is 3. The van der Waals surface area contributed by atoms with Gasteiger partial charge in [0.15, 0.2) is 5.82 Å². The van der Waals surface area contributed by atoms with Crippen molar-refractivity contribution in [3.05, 3.63) is 28.0 Å². The third-order valence-electron chi connectivity index (χ3n) is 4.48. The van der Waals surface area contributed by atoms with Crippen LogP contribution in [0.25, 0.3) is 0 Å². The van der Waals surface area contributed by atoms with E-state index in [0.29, 0.717) is 37.0 Å². The minimum Gasteiger partial charge on any atom is -0.465 e. The van der Waals surface area contributed by atoms with Gasteiger partial charge >= 0.3 is 5.97 Å². The van der Waals surface area contributed by atoms with Crippen molar-refractivity contribution in [2.45, 2.75) is 42.5 Å². The van der Waals surface area contributed by atoms with Crippen LogP contribution < -0.4 is 0 Å². The van der Waals surface area contributed by atoms with Crippen LogP contribution in [0.15, 0.2) is 20.9 Å². The number of aromatic nitrogens is 2. The number of esters is 1. The summed E-state index contributed by atoms with van der Waals surface area (Å²) in [6, 6.07) is 0.945. The molecule has 8 nitrogen and oxygen atoms in total. The molecule has 0 spiro atoms. The summed E-state index contributed by atoms with van der Waals surface area (Å²) in [6.07, 6.45) is 3.40. The van der Waals surface area contributed by atoms with Gasteiger partial charge in [-0.2, -0.15) is 9.29 Å². The summed E-state index contributed by atoms with van der Waals surface area (Å²) < 4.78 is 37.6. The average molecular weight is 383 g/mol. The Morgan fingerprint density at radius 1 is 1.40 bits per heavy atom. The van der Waals surface area contributed by atoms with Crippen molar-refractivity contribution in [2.24, 2.45) is 0 Å². The van der Waals surface area contributed by atoms with E-state index < -0.39 is 22.0 Å². The van der Waals surface area contributed by atoms with Crippen molar-refractivity contribution in [3.8, 4) is 0 Å². The number of hydrogen-bond donors (Lipinski definition) is 0. The Kier molecular flexibility index (Phi) is 4.13. The Morgan fingerprint density at radius 2 is 2.20 bits per heavy atom. The number of ether oxygens (including phenoxy) is 1. The Balaban J connectivity index is 1.66. The van der Waals surface area contributed by atoms with Gasteiger partial charge in [0.25, 0.3) is 0 Å². The highest BCUT2D eigenvalue weighted by Gasteiger charge is 2.42. The molecule has 0 bridgehead atoms. The van der Waals surface area contributed by atoms with Crippen LogP contribution in [0.1, 0.15) is 59.0 Å². The van der Waals surface area contributed by atoms with Gasteiger partial charge in [-0.15, -0.1) is 11.3 Å². The maximum absolute atomic E-state index is 13.1. The quantitative estimate of drug-likeness (QED) is 0.730. The van der Waals surface area contributed by atoms with Gasteiger partial charge in [0, 0.05) is 12.5 Å². The number of methoxy groups -OCH3 is 1. The molecule has 2 aromatic heterocycles. The number of rotatable bonds is 5. The fourth-order valence-corrected chi connectivity index (χ4v) is 5.99. The first-order chi connectivity index (χ1) is 12.0. The minimum absolute atomic E-state index is 0.0295. The van der Waals surface area contributed by atoms with Crippen LogP contribution in [0.4, 0.5) is 0 Å². The highest BCUT2D eigenvalue weighted by molar-refractivity contribution is 7.89. The van der Waals surface area contributed by atoms with E-state index in [0.717, 1.165) is 24.2 Å². The topological polar surface area (TPSA) is 103 Å². The molecule has 1 saturated carbocycles. The molecule has 2 aliphatic rings. The number of carbonyl (C=O) groups excluding carboxylic acids is 1. The summed E-state index contributed by atoms with van der Waals surface area (Å²) in [6.45, 7) is 0.352. The van der Waals surface area contributed by atoms with Crippen LogP contribution in [0.2, 0.25) is 0 Å². The maximum atomic E-state index is 13.1. The maximum Gasteiger partial charge on any atom is 0.349 e. The van der Waals surface area contributed by atoms with E-state index in [2.05, 4.69) is 14.9 Å². The average Bonchev–Trinajstić information content (AvgIpc) is 3.05. The molecule has 4 rings (SSSR count). The standard InChI is InChI=1S/C15H17N3O5S2/c1-22-15(19)12-11(6-8-24-12)25(20,21)18-7-2-3-10(18)14-16-13(17-23-14)9-4-5-9/h6,8-10H,2-5,7H2,1H3. The van der Waals surface area contributed by atoms with Crippen LogP contribution in [-0.4, -0.2) is 42.5 Å². The molecule has 3 heterocycles. The molecule has 0 radical (unpaired) electrons. The minimum atomic E-state index is -3.86. The lowest BCUT2D eigenvalue weighted by atomic mass is 10.2. The van der Waals surface area contributed by atoms with Crippen molar-refractivity contribution < 1.29 is 22.5 Å². The zero-order valence-electron chi connectivity index (χ0n) is 13.5. The Morgan fingerprint density at radius 3 is 2.92 bits per heavy atom. The lowest BCUT2D eigenvalue weighted by Crippen LogP contribution is -2.31. The number of hydrogen-bond acceptors (Lipinski definition) is 8. The highest BCUT2D eigenvalue weighted by Crippen LogP contribution is 2.41. The Labute approximate surface area is 148 Å². The first-order valence-electron chi connectivity index (χ1n) is 8.03. The third kappa shape index (κ3) is 2.87. The van der Waals surface area contributed by atoms with E-state index in [1.807, 2.05) is 0 Å². The molecule has 25 heavy (non-hydrogen) atoms. The molecular formula is C15H17N3O5S2. The smallest absolute Gasteiger partial charge is 0.349 e. The zero-order chi connectivity index (χ0) is 17.6. The van der Waals surface area contributed by atoms with Gasteiger partial charge in [-0.05, 0) is 37.1 Å². The van der Waals surface area contributed by atoms with Gasteiger partial charge < -0.3 is 9.26 Å². The molecule has 2 fully saturated rings. The summed E-state index contributed by atoms with van der Waals surface area (Å²) in [7, 11) is -2.63. The Hall–Kier alpha value is -1.78. The van der Waals surface area contributed by atoms with Crippen LogP contribution in [0.5, 0.6) is 0 Å². The van der Waals surface area contributed by atoms with E-state index >= 15 is 0 Å². The van der Waals surface area contributed by atoms with Gasteiger partial charge in [-0.1, -0.05) is 5.16 Å². The molecule has 134 valence electrons. The predicted octanol–water partition coefficient (Wildman–Crippen LogP) is 2.32. The molecule has 2 aromatic rings. The largest absolute Gasteiger partial charge is 0.465 e. The molecule has 1 atom stereocenters. The summed E-state index contributed by atoms with van der Waals surface area (Å²) in [5, 5.41) is 5.55. The van der Waals surface area contributed by atoms with Gasteiger partial charge in [-0.25, -0.2) is 13.2 Å². The fourth-order valence-electron chi connectivity index (χ4n) is 3.03. The molecule has 0 N–H and O–H groups in total. The van der Waals surface area contributed by atoms with E-state index in [9.17, 15) is 13.2 Å². The molecule has 1 aliphatic carbocycles. The fraction of sp³-hybridized carbons (Fsp3) is 0.533. The first-order valence-corrected chi connectivity index (χ1v) is 10.4.